The number of aliphatic carboxylic acids is 1. The van der Waals surface area contributed by atoms with Crippen molar-refractivity contribution < 1.29 is 23.8 Å². The molecule has 1 unspecified atom stereocenters. The van der Waals surface area contributed by atoms with Gasteiger partial charge in [-0.05, 0) is 24.3 Å². The number of ether oxygens (including phenoxy) is 2. The highest BCUT2D eigenvalue weighted by molar-refractivity contribution is 6.35. The molecule has 1 N–H and O–H groups in total. The summed E-state index contributed by atoms with van der Waals surface area (Å²) in [6.45, 7) is 2.04. The van der Waals surface area contributed by atoms with Crippen molar-refractivity contribution in [2.75, 3.05) is 26.2 Å². The molecule has 1 heterocycles. The zero-order valence-corrected chi connectivity index (χ0v) is 16.5. The molecule has 1 aliphatic heterocycles. The van der Waals surface area contributed by atoms with Crippen LogP contribution in [0, 0.1) is 5.82 Å². The number of carboxylic acid groups (broad SMARTS) is 1. The molecule has 150 valence electrons. The minimum Gasteiger partial charge on any atom is -0.489 e. The second-order valence-electron chi connectivity index (χ2n) is 6.48. The maximum atomic E-state index is 14.6. The highest BCUT2D eigenvalue weighted by atomic mass is 35.5. The fraction of sp³-hybridized carbons (Fsp3) is 0.350. The summed E-state index contributed by atoms with van der Waals surface area (Å²) in [5, 5.41) is 9.80. The van der Waals surface area contributed by atoms with E-state index < -0.39 is 17.9 Å². The second-order valence-corrected chi connectivity index (χ2v) is 7.29. The van der Waals surface area contributed by atoms with Crippen LogP contribution in [0.3, 0.4) is 0 Å². The Balaban J connectivity index is 1.64. The van der Waals surface area contributed by atoms with Crippen LogP contribution in [-0.4, -0.2) is 42.2 Å². The van der Waals surface area contributed by atoms with Crippen LogP contribution in [0.2, 0.25) is 10.0 Å². The summed E-state index contributed by atoms with van der Waals surface area (Å²) in [6, 6.07) is 9.78. The molecule has 0 amide bonds. The third-order valence-electron chi connectivity index (χ3n) is 4.56. The topological polar surface area (TPSA) is 59.0 Å². The van der Waals surface area contributed by atoms with Crippen molar-refractivity contribution in [3.8, 4) is 5.75 Å². The predicted molar refractivity (Wildman–Crippen MR) is 105 cm³/mol. The van der Waals surface area contributed by atoms with Gasteiger partial charge >= 0.3 is 5.97 Å². The average molecular weight is 428 g/mol. The molecule has 28 heavy (non-hydrogen) atoms. The summed E-state index contributed by atoms with van der Waals surface area (Å²) in [5.41, 5.74) is 1.06. The standard InChI is InChI=1S/C20H20Cl2FNO4/c21-16-2-1-3-17(22)15(16)12-28-13-4-5-14(18(23)10-13)19-11-24(8-9-27-19)7-6-20(25)26/h1-5,10,19H,6-9,11-12H2,(H,25,26). The summed E-state index contributed by atoms with van der Waals surface area (Å²) < 4.78 is 26.0. The van der Waals surface area contributed by atoms with Gasteiger partial charge in [-0.15, -0.1) is 0 Å². The number of benzene rings is 2. The molecule has 0 bridgehead atoms. The molecule has 2 aromatic rings. The lowest BCUT2D eigenvalue weighted by Crippen LogP contribution is -2.39. The van der Waals surface area contributed by atoms with Gasteiger partial charge in [0.05, 0.1) is 19.1 Å². The van der Waals surface area contributed by atoms with Crippen molar-refractivity contribution in [2.45, 2.75) is 19.1 Å². The summed E-state index contributed by atoms with van der Waals surface area (Å²) in [7, 11) is 0. The lowest BCUT2D eigenvalue weighted by molar-refractivity contribution is -0.137. The number of halogens is 3. The number of hydrogen-bond donors (Lipinski definition) is 1. The van der Waals surface area contributed by atoms with E-state index in [0.717, 1.165) is 0 Å². The number of carbonyl (C=O) groups is 1. The van der Waals surface area contributed by atoms with Crippen LogP contribution in [0.5, 0.6) is 5.75 Å². The Morgan fingerprint density at radius 3 is 2.71 bits per heavy atom. The van der Waals surface area contributed by atoms with Crippen LogP contribution < -0.4 is 4.74 Å². The smallest absolute Gasteiger partial charge is 0.304 e. The Morgan fingerprint density at radius 2 is 2.04 bits per heavy atom. The molecule has 1 atom stereocenters. The predicted octanol–water partition coefficient (Wildman–Crippen LogP) is 4.56. The highest BCUT2D eigenvalue weighted by Gasteiger charge is 2.25. The van der Waals surface area contributed by atoms with Crippen molar-refractivity contribution >= 4 is 29.2 Å². The Kier molecular flexibility index (Phi) is 7.13. The van der Waals surface area contributed by atoms with E-state index in [2.05, 4.69) is 0 Å². The van der Waals surface area contributed by atoms with E-state index >= 15 is 0 Å². The largest absolute Gasteiger partial charge is 0.489 e. The molecule has 0 aliphatic carbocycles. The van der Waals surface area contributed by atoms with E-state index in [1.54, 1.807) is 30.3 Å². The number of nitrogens with zero attached hydrogens (tertiary/aromatic N) is 1. The molecule has 0 aromatic heterocycles. The first-order valence-corrected chi connectivity index (χ1v) is 9.60. The van der Waals surface area contributed by atoms with Crippen LogP contribution in [-0.2, 0) is 16.1 Å². The number of carboxylic acids is 1. The lowest BCUT2D eigenvalue weighted by Gasteiger charge is -2.33. The van der Waals surface area contributed by atoms with Gasteiger partial charge < -0.3 is 14.6 Å². The minimum absolute atomic E-state index is 0.0482. The van der Waals surface area contributed by atoms with E-state index in [-0.39, 0.29) is 13.0 Å². The first-order valence-electron chi connectivity index (χ1n) is 8.85. The zero-order chi connectivity index (χ0) is 20.1. The van der Waals surface area contributed by atoms with E-state index in [1.165, 1.54) is 6.07 Å². The van der Waals surface area contributed by atoms with Crippen molar-refractivity contribution in [3.63, 3.8) is 0 Å². The number of morpholine rings is 1. The van der Waals surface area contributed by atoms with Gasteiger partial charge in [0.25, 0.3) is 0 Å². The quantitative estimate of drug-likeness (QED) is 0.701. The van der Waals surface area contributed by atoms with Gasteiger partial charge in [-0.3, -0.25) is 9.69 Å². The molecule has 2 aromatic carbocycles. The maximum Gasteiger partial charge on any atom is 0.304 e. The normalized spacial score (nSPS) is 17.5. The van der Waals surface area contributed by atoms with Crippen LogP contribution in [0.4, 0.5) is 4.39 Å². The van der Waals surface area contributed by atoms with Gasteiger partial charge in [0, 0.05) is 46.9 Å². The Hall–Kier alpha value is -1.86. The molecule has 0 spiro atoms. The van der Waals surface area contributed by atoms with E-state index in [1.807, 2.05) is 4.90 Å². The number of rotatable bonds is 7. The molecular weight excluding hydrogens is 408 g/mol. The molecule has 0 radical (unpaired) electrons. The molecule has 0 saturated carbocycles. The second kappa shape index (κ2) is 9.56. The van der Waals surface area contributed by atoms with Crippen molar-refractivity contribution in [1.29, 1.82) is 0 Å². The summed E-state index contributed by atoms with van der Waals surface area (Å²) in [6.07, 6.45) is -0.401. The summed E-state index contributed by atoms with van der Waals surface area (Å²) >= 11 is 12.2. The van der Waals surface area contributed by atoms with Crippen LogP contribution in [0.1, 0.15) is 23.7 Å². The Bertz CT molecular complexity index is 829. The minimum atomic E-state index is -0.852. The molecule has 1 saturated heterocycles. The van der Waals surface area contributed by atoms with E-state index in [0.29, 0.717) is 53.2 Å². The van der Waals surface area contributed by atoms with E-state index in [9.17, 15) is 9.18 Å². The first kappa shape index (κ1) is 20.9. The average Bonchev–Trinajstić information content (AvgIpc) is 2.66. The Labute approximate surface area is 172 Å². The first-order chi connectivity index (χ1) is 13.4. The molecule has 8 heteroatoms. The molecule has 1 aliphatic rings. The van der Waals surface area contributed by atoms with E-state index in [4.69, 9.17) is 37.8 Å². The van der Waals surface area contributed by atoms with Crippen LogP contribution in [0.25, 0.3) is 0 Å². The van der Waals surface area contributed by atoms with Gasteiger partial charge in [0.15, 0.2) is 0 Å². The summed E-state index contributed by atoms with van der Waals surface area (Å²) in [5.74, 6) is -0.932. The summed E-state index contributed by atoms with van der Waals surface area (Å²) in [4.78, 5) is 12.7. The molecule has 1 fully saturated rings. The Morgan fingerprint density at radius 1 is 1.29 bits per heavy atom. The third kappa shape index (κ3) is 5.35. The third-order valence-corrected chi connectivity index (χ3v) is 5.26. The highest BCUT2D eigenvalue weighted by Crippen LogP contribution is 2.29. The van der Waals surface area contributed by atoms with Crippen LogP contribution in [0.15, 0.2) is 36.4 Å². The maximum absolute atomic E-state index is 14.6. The zero-order valence-electron chi connectivity index (χ0n) is 15.0. The van der Waals surface area contributed by atoms with Gasteiger partial charge in [-0.1, -0.05) is 29.3 Å². The van der Waals surface area contributed by atoms with Gasteiger partial charge in [-0.25, -0.2) is 4.39 Å². The van der Waals surface area contributed by atoms with Crippen molar-refractivity contribution in [1.82, 2.24) is 4.90 Å². The van der Waals surface area contributed by atoms with Gasteiger partial charge in [-0.2, -0.15) is 0 Å². The lowest BCUT2D eigenvalue weighted by atomic mass is 10.1. The monoisotopic (exact) mass is 427 g/mol. The van der Waals surface area contributed by atoms with Crippen molar-refractivity contribution in [2.24, 2.45) is 0 Å². The fourth-order valence-corrected chi connectivity index (χ4v) is 3.54. The molecule has 5 nitrogen and oxygen atoms in total. The SMILES string of the molecule is O=C(O)CCN1CCOC(c2ccc(OCc3c(Cl)cccc3Cl)cc2F)C1. The van der Waals surface area contributed by atoms with Gasteiger partial charge in [0.2, 0.25) is 0 Å². The van der Waals surface area contributed by atoms with Gasteiger partial charge in [0.1, 0.15) is 18.2 Å². The van der Waals surface area contributed by atoms with Crippen LogP contribution >= 0.6 is 23.2 Å². The fourth-order valence-electron chi connectivity index (χ4n) is 3.03. The van der Waals surface area contributed by atoms with Crippen molar-refractivity contribution in [3.05, 3.63) is 63.4 Å². The number of hydrogen-bond acceptors (Lipinski definition) is 4. The molecule has 3 rings (SSSR count). The molecular formula is C20H20Cl2FNO4.